The number of hydrogen-bond donors (Lipinski definition) is 2. The molecule has 0 saturated carbocycles. The number of aromatic nitrogens is 1. The van der Waals surface area contributed by atoms with Gasteiger partial charge in [-0.15, -0.1) is 0 Å². The Kier molecular flexibility index (Phi) is 5.73. The van der Waals surface area contributed by atoms with Gasteiger partial charge in [0.05, 0.1) is 18.4 Å². The van der Waals surface area contributed by atoms with Crippen molar-refractivity contribution in [3.8, 4) is 0 Å². The number of aryl methyl sites for hydroxylation is 1. The van der Waals surface area contributed by atoms with Crippen molar-refractivity contribution in [1.29, 1.82) is 0 Å². The Morgan fingerprint density at radius 1 is 1.56 bits per heavy atom. The smallest absolute Gasteiger partial charge is 0.126 e. The molecule has 90 valence electrons. The molecule has 0 aliphatic heterocycles. The average molecular weight is 289 g/mol. The van der Waals surface area contributed by atoms with Gasteiger partial charge in [0.1, 0.15) is 5.82 Å². The van der Waals surface area contributed by atoms with Crippen molar-refractivity contribution in [3.05, 3.63) is 22.3 Å². The molecular formula is C11H17BrN2O2. The van der Waals surface area contributed by atoms with Crippen LogP contribution < -0.4 is 5.32 Å². The molecule has 16 heavy (non-hydrogen) atoms. The van der Waals surface area contributed by atoms with E-state index in [0.29, 0.717) is 19.6 Å². The number of pyridine rings is 1. The van der Waals surface area contributed by atoms with Crippen molar-refractivity contribution in [2.24, 2.45) is 0 Å². The first-order valence-corrected chi connectivity index (χ1v) is 5.97. The van der Waals surface area contributed by atoms with Gasteiger partial charge in [0.25, 0.3) is 0 Å². The zero-order valence-corrected chi connectivity index (χ0v) is 11.1. The van der Waals surface area contributed by atoms with Crippen molar-refractivity contribution >= 4 is 21.7 Å². The summed E-state index contributed by atoms with van der Waals surface area (Å²) in [7, 11) is 1.58. The van der Waals surface area contributed by atoms with Gasteiger partial charge in [0.2, 0.25) is 0 Å². The van der Waals surface area contributed by atoms with Crippen LogP contribution in [0.4, 0.5) is 5.82 Å². The molecule has 2 N–H and O–H groups in total. The fourth-order valence-corrected chi connectivity index (χ4v) is 1.51. The van der Waals surface area contributed by atoms with E-state index in [1.807, 2.05) is 19.1 Å². The highest BCUT2D eigenvalue weighted by molar-refractivity contribution is 9.10. The minimum atomic E-state index is -0.422. The number of methoxy groups -OCH3 is 1. The van der Waals surface area contributed by atoms with Crippen LogP contribution in [0.15, 0.2) is 16.6 Å². The van der Waals surface area contributed by atoms with Crippen molar-refractivity contribution in [2.75, 3.05) is 25.6 Å². The molecule has 0 bridgehead atoms. The Balaban J connectivity index is 2.34. The number of anilines is 1. The van der Waals surface area contributed by atoms with Crippen LogP contribution in [0, 0.1) is 6.92 Å². The van der Waals surface area contributed by atoms with E-state index in [2.05, 4.69) is 26.2 Å². The summed E-state index contributed by atoms with van der Waals surface area (Å²) < 4.78 is 5.84. The molecule has 0 radical (unpaired) electrons. The summed E-state index contributed by atoms with van der Waals surface area (Å²) in [4.78, 5) is 4.34. The minimum absolute atomic E-state index is 0.370. The van der Waals surface area contributed by atoms with Crippen LogP contribution in [0.3, 0.4) is 0 Å². The van der Waals surface area contributed by atoms with Crippen LogP contribution in [-0.2, 0) is 4.74 Å². The maximum Gasteiger partial charge on any atom is 0.126 e. The Labute approximate surface area is 104 Å². The summed E-state index contributed by atoms with van der Waals surface area (Å²) in [5, 5.41) is 12.6. The highest BCUT2D eigenvalue weighted by atomic mass is 79.9. The second-order valence-corrected chi connectivity index (χ2v) is 4.44. The molecule has 0 spiro atoms. The Bertz CT molecular complexity index is 334. The maximum atomic E-state index is 9.43. The molecule has 1 aromatic rings. The van der Waals surface area contributed by atoms with Gasteiger partial charge in [-0.25, -0.2) is 4.98 Å². The largest absolute Gasteiger partial charge is 0.391 e. The molecule has 1 heterocycles. The number of nitrogens with one attached hydrogen (secondary N) is 1. The van der Waals surface area contributed by atoms with Crippen molar-refractivity contribution in [2.45, 2.75) is 19.4 Å². The SMILES string of the molecule is COCC(O)CCNc1ccc(Br)c(C)n1. The third-order valence-corrected chi connectivity index (χ3v) is 3.00. The van der Waals surface area contributed by atoms with Gasteiger partial charge in [-0.1, -0.05) is 0 Å². The van der Waals surface area contributed by atoms with Crippen molar-refractivity contribution in [3.63, 3.8) is 0 Å². The maximum absolute atomic E-state index is 9.43. The van der Waals surface area contributed by atoms with Crippen LogP contribution >= 0.6 is 15.9 Å². The summed E-state index contributed by atoms with van der Waals surface area (Å²) in [6.45, 7) is 2.99. The number of halogens is 1. The number of rotatable bonds is 6. The number of aliphatic hydroxyl groups excluding tert-OH is 1. The van der Waals surface area contributed by atoms with Gasteiger partial charge < -0.3 is 15.2 Å². The van der Waals surface area contributed by atoms with E-state index in [1.165, 1.54) is 0 Å². The molecule has 5 heteroatoms. The standard InChI is InChI=1S/C11H17BrN2O2/c1-8-10(12)3-4-11(14-8)13-6-5-9(15)7-16-2/h3-4,9,15H,5-7H2,1-2H3,(H,13,14). The second-order valence-electron chi connectivity index (χ2n) is 3.59. The van der Waals surface area contributed by atoms with E-state index in [0.717, 1.165) is 16.0 Å². The molecule has 4 nitrogen and oxygen atoms in total. The third-order valence-electron chi connectivity index (χ3n) is 2.16. The van der Waals surface area contributed by atoms with Crippen LogP contribution in [0.5, 0.6) is 0 Å². The summed E-state index contributed by atoms with van der Waals surface area (Å²) in [6.07, 6.45) is 0.221. The van der Waals surface area contributed by atoms with Gasteiger partial charge in [-0.3, -0.25) is 0 Å². The Morgan fingerprint density at radius 3 is 2.94 bits per heavy atom. The van der Waals surface area contributed by atoms with Gasteiger partial charge in [-0.2, -0.15) is 0 Å². The zero-order valence-electron chi connectivity index (χ0n) is 9.53. The monoisotopic (exact) mass is 288 g/mol. The molecule has 0 fully saturated rings. The normalized spacial score (nSPS) is 12.5. The van der Waals surface area contributed by atoms with E-state index in [1.54, 1.807) is 7.11 Å². The first-order chi connectivity index (χ1) is 7.63. The van der Waals surface area contributed by atoms with Crippen LogP contribution in [0.25, 0.3) is 0 Å². The summed E-state index contributed by atoms with van der Waals surface area (Å²) >= 11 is 3.39. The fraction of sp³-hybridized carbons (Fsp3) is 0.545. The topological polar surface area (TPSA) is 54.4 Å². The molecule has 0 aliphatic rings. The number of aliphatic hydroxyl groups is 1. The number of nitrogens with zero attached hydrogens (tertiary/aromatic N) is 1. The Hall–Kier alpha value is -0.650. The zero-order chi connectivity index (χ0) is 12.0. The first-order valence-electron chi connectivity index (χ1n) is 5.17. The molecule has 0 aliphatic carbocycles. The predicted octanol–water partition coefficient (Wildman–Crippen LogP) is 1.96. The highest BCUT2D eigenvalue weighted by Gasteiger charge is 2.03. The molecule has 0 saturated heterocycles. The summed E-state index contributed by atoms with van der Waals surface area (Å²) in [5.74, 6) is 0.824. The molecule has 1 unspecified atom stereocenters. The molecule has 1 aromatic heterocycles. The molecule has 1 atom stereocenters. The van der Waals surface area contributed by atoms with Gasteiger partial charge in [0.15, 0.2) is 0 Å². The molecule has 0 amide bonds. The lowest BCUT2D eigenvalue weighted by Gasteiger charge is -2.11. The lowest BCUT2D eigenvalue weighted by atomic mass is 10.2. The number of hydrogen-bond acceptors (Lipinski definition) is 4. The van der Waals surface area contributed by atoms with Crippen LogP contribution in [0.1, 0.15) is 12.1 Å². The van der Waals surface area contributed by atoms with Crippen molar-refractivity contribution in [1.82, 2.24) is 4.98 Å². The van der Waals surface area contributed by atoms with Crippen LogP contribution in [-0.4, -0.2) is 36.5 Å². The van der Waals surface area contributed by atoms with Crippen molar-refractivity contribution < 1.29 is 9.84 Å². The number of ether oxygens (including phenoxy) is 1. The van der Waals surface area contributed by atoms with E-state index in [4.69, 9.17) is 4.74 Å². The first kappa shape index (κ1) is 13.4. The molecule has 0 aromatic carbocycles. The highest BCUT2D eigenvalue weighted by Crippen LogP contribution is 2.16. The second kappa shape index (κ2) is 6.83. The quantitative estimate of drug-likeness (QED) is 0.840. The Morgan fingerprint density at radius 2 is 2.31 bits per heavy atom. The lowest BCUT2D eigenvalue weighted by molar-refractivity contribution is 0.0615. The minimum Gasteiger partial charge on any atom is -0.391 e. The summed E-state index contributed by atoms with van der Waals surface area (Å²) in [6, 6.07) is 3.86. The van der Waals surface area contributed by atoms with E-state index in [-0.39, 0.29) is 0 Å². The third kappa shape index (κ3) is 4.47. The van der Waals surface area contributed by atoms with E-state index in [9.17, 15) is 5.11 Å². The lowest BCUT2D eigenvalue weighted by Crippen LogP contribution is -2.18. The molecule has 1 rings (SSSR count). The van der Waals surface area contributed by atoms with E-state index >= 15 is 0 Å². The predicted molar refractivity (Wildman–Crippen MR) is 67.7 cm³/mol. The van der Waals surface area contributed by atoms with E-state index < -0.39 is 6.10 Å². The van der Waals surface area contributed by atoms with Gasteiger partial charge in [0, 0.05) is 18.1 Å². The fourth-order valence-electron chi connectivity index (χ4n) is 1.29. The average Bonchev–Trinajstić information content (AvgIpc) is 2.24. The van der Waals surface area contributed by atoms with Crippen LogP contribution in [0.2, 0.25) is 0 Å². The van der Waals surface area contributed by atoms with Gasteiger partial charge in [-0.05, 0) is 41.4 Å². The van der Waals surface area contributed by atoms with Gasteiger partial charge >= 0.3 is 0 Å². The molecular weight excluding hydrogens is 272 g/mol. The summed E-state index contributed by atoms with van der Waals surface area (Å²) in [5.41, 5.74) is 0.947.